The lowest BCUT2D eigenvalue weighted by Crippen LogP contribution is -2.10. The highest BCUT2D eigenvalue weighted by Gasteiger charge is 2.13. The van der Waals surface area contributed by atoms with Gasteiger partial charge >= 0.3 is 0 Å². The van der Waals surface area contributed by atoms with Crippen LogP contribution in [0.25, 0.3) is 10.1 Å². The maximum Gasteiger partial charge on any atom is 0.137 e. The van der Waals surface area contributed by atoms with Crippen LogP contribution in [0.15, 0.2) is 48.8 Å². The van der Waals surface area contributed by atoms with Gasteiger partial charge in [-0.15, -0.1) is 11.3 Å². The van der Waals surface area contributed by atoms with E-state index in [-0.39, 0.29) is 6.04 Å². The molecule has 0 radical (unpaired) electrons. The van der Waals surface area contributed by atoms with Gasteiger partial charge in [0.1, 0.15) is 5.75 Å². The van der Waals surface area contributed by atoms with Gasteiger partial charge in [0.15, 0.2) is 0 Å². The number of benzene rings is 1. The summed E-state index contributed by atoms with van der Waals surface area (Å²) in [6.45, 7) is 2.78. The van der Waals surface area contributed by atoms with Gasteiger partial charge in [0.25, 0.3) is 0 Å². The predicted octanol–water partition coefficient (Wildman–Crippen LogP) is 4.13. The number of pyridine rings is 1. The molecule has 0 amide bonds. The summed E-state index contributed by atoms with van der Waals surface area (Å²) in [5.74, 6) is 0.783. The molecule has 0 aliphatic carbocycles. The fourth-order valence-corrected chi connectivity index (χ4v) is 3.32. The van der Waals surface area contributed by atoms with E-state index < -0.39 is 0 Å². The predicted molar refractivity (Wildman–Crippen MR) is 87.9 cm³/mol. The number of aromatic nitrogens is 1. The third-order valence-corrected chi connectivity index (χ3v) is 4.52. The molecule has 2 N–H and O–H groups in total. The molecule has 4 heteroatoms. The summed E-state index contributed by atoms with van der Waals surface area (Å²) in [6.07, 6.45) is 4.53. The molecule has 1 aromatic carbocycles. The Morgan fingerprint density at radius 3 is 2.90 bits per heavy atom. The first-order valence-corrected chi connectivity index (χ1v) is 7.91. The molecule has 0 saturated carbocycles. The van der Waals surface area contributed by atoms with E-state index in [4.69, 9.17) is 10.5 Å². The lowest BCUT2D eigenvalue weighted by Gasteiger charge is -2.11. The molecule has 0 fully saturated rings. The zero-order chi connectivity index (χ0) is 14.7. The molecular weight excluding hydrogens is 280 g/mol. The van der Waals surface area contributed by atoms with E-state index in [0.717, 1.165) is 22.6 Å². The van der Waals surface area contributed by atoms with E-state index in [0.29, 0.717) is 6.61 Å². The largest absolute Gasteiger partial charge is 0.492 e. The number of rotatable bonds is 5. The van der Waals surface area contributed by atoms with Gasteiger partial charge in [-0.2, -0.15) is 0 Å². The van der Waals surface area contributed by atoms with Crippen LogP contribution in [0.2, 0.25) is 0 Å². The minimum absolute atomic E-state index is 0.167. The Kier molecular flexibility index (Phi) is 4.18. The van der Waals surface area contributed by atoms with Gasteiger partial charge in [0.2, 0.25) is 0 Å². The van der Waals surface area contributed by atoms with Gasteiger partial charge in [-0.1, -0.05) is 25.1 Å². The molecule has 0 aliphatic heterocycles. The highest BCUT2D eigenvalue weighted by molar-refractivity contribution is 7.19. The zero-order valence-corrected chi connectivity index (χ0v) is 12.8. The SMILES string of the molecule is CCCOc1cncc(C(N)c2cc3ccccc3s2)c1. The molecule has 0 saturated heterocycles. The molecule has 108 valence electrons. The number of fused-ring (bicyclic) bond motifs is 1. The van der Waals surface area contributed by atoms with Crippen molar-refractivity contribution < 1.29 is 4.74 Å². The Bertz CT molecular complexity index is 705. The van der Waals surface area contributed by atoms with Crippen LogP contribution in [-0.2, 0) is 0 Å². The second-order valence-corrected chi connectivity index (χ2v) is 6.08. The van der Waals surface area contributed by atoms with Crippen LogP contribution in [0.1, 0.15) is 29.8 Å². The normalized spacial score (nSPS) is 12.5. The van der Waals surface area contributed by atoms with Gasteiger partial charge in [0.05, 0.1) is 18.8 Å². The molecule has 1 atom stereocenters. The molecule has 3 rings (SSSR count). The minimum atomic E-state index is -0.167. The first-order chi connectivity index (χ1) is 10.3. The first kappa shape index (κ1) is 14.0. The Balaban J connectivity index is 1.88. The molecule has 21 heavy (non-hydrogen) atoms. The summed E-state index contributed by atoms with van der Waals surface area (Å²) in [6, 6.07) is 12.3. The van der Waals surface area contributed by atoms with Gasteiger partial charge in [0, 0.05) is 15.8 Å². The van der Waals surface area contributed by atoms with Crippen molar-refractivity contribution in [2.24, 2.45) is 5.73 Å². The van der Waals surface area contributed by atoms with Crippen LogP contribution in [0.3, 0.4) is 0 Å². The minimum Gasteiger partial charge on any atom is -0.492 e. The average molecular weight is 298 g/mol. The van der Waals surface area contributed by atoms with E-state index in [2.05, 4.69) is 36.2 Å². The standard InChI is InChI=1S/C17H18N2OS/c1-2-7-20-14-8-13(10-19-11-14)17(18)16-9-12-5-3-4-6-15(12)21-16/h3-6,8-11,17H,2,7,18H2,1H3. The molecule has 1 unspecified atom stereocenters. The molecule has 0 aliphatic rings. The lowest BCUT2D eigenvalue weighted by molar-refractivity contribution is 0.315. The van der Waals surface area contributed by atoms with Crippen LogP contribution in [0.5, 0.6) is 5.75 Å². The van der Waals surface area contributed by atoms with Gasteiger partial charge in [-0.25, -0.2) is 0 Å². The summed E-state index contributed by atoms with van der Waals surface area (Å²) in [4.78, 5) is 5.38. The molecule has 3 aromatic rings. The zero-order valence-electron chi connectivity index (χ0n) is 12.0. The van der Waals surface area contributed by atoms with Crippen molar-refractivity contribution in [3.8, 4) is 5.75 Å². The van der Waals surface area contributed by atoms with E-state index >= 15 is 0 Å². The average Bonchev–Trinajstić information content (AvgIpc) is 2.96. The van der Waals surface area contributed by atoms with Crippen LogP contribution < -0.4 is 10.5 Å². The lowest BCUT2D eigenvalue weighted by atomic mass is 10.1. The van der Waals surface area contributed by atoms with Gasteiger partial charge in [-0.05, 0) is 35.6 Å². The summed E-state index contributed by atoms with van der Waals surface area (Å²) >= 11 is 1.73. The van der Waals surface area contributed by atoms with E-state index in [1.165, 1.54) is 10.1 Å². The summed E-state index contributed by atoms with van der Waals surface area (Å²) in [5, 5.41) is 1.24. The topological polar surface area (TPSA) is 48.1 Å². The second-order valence-electron chi connectivity index (χ2n) is 4.97. The maximum atomic E-state index is 6.39. The third-order valence-electron chi connectivity index (χ3n) is 3.32. The quantitative estimate of drug-likeness (QED) is 0.770. The Morgan fingerprint density at radius 1 is 1.24 bits per heavy atom. The summed E-state index contributed by atoms with van der Waals surface area (Å²) < 4.78 is 6.88. The van der Waals surface area contributed by atoms with Crippen molar-refractivity contribution in [3.05, 3.63) is 59.2 Å². The number of hydrogen-bond acceptors (Lipinski definition) is 4. The van der Waals surface area contributed by atoms with E-state index in [9.17, 15) is 0 Å². The van der Waals surface area contributed by atoms with Crippen molar-refractivity contribution in [3.63, 3.8) is 0 Å². The summed E-state index contributed by atoms with van der Waals surface area (Å²) in [5.41, 5.74) is 7.37. The van der Waals surface area contributed by atoms with Gasteiger partial charge in [-0.3, -0.25) is 4.98 Å². The Morgan fingerprint density at radius 2 is 2.10 bits per heavy atom. The first-order valence-electron chi connectivity index (χ1n) is 7.09. The smallest absolute Gasteiger partial charge is 0.137 e. The maximum absolute atomic E-state index is 6.39. The molecule has 2 aromatic heterocycles. The fourth-order valence-electron chi connectivity index (χ4n) is 2.22. The molecular formula is C17H18N2OS. The number of nitrogens with zero attached hydrogens (tertiary/aromatic N) is 1. The number of nitrogens with two attached hydrogens (primary N) is 1. The van der Waals surface area contributed by atoms with E-state index in [1.807, 2.05) is 18.3 Å². The molecule has 0 bridgehead atoms. The fraction of sp³-hybridized carbons (Fsp3) is 0.235. The van der Waals surface area contributed by atoms with E-state index in [1.54, 1.807) is 17.5 Å². The molecule has 3 nitrogen and oxygen atoms in total. The second kappa shape index (κ2) is 6.24. The summed E-state index contributed by atoms with van der Waals surface area (Å²) in [7, 11) is 0. The van der Waals surface area contributed by atoms with Gasteiger partial charge < -0.3 is 10.5 Å². The third kappa shape index (κ3) is 3.06. The highest BCUT2D eigenvalue weighted by atomic mass is 32.1. The van der Waals surface area contributed by atoms with Crippen LogP contribution in [-0.4, -0.2) is 11.6 Å². The van der Waals surface area contributed by atoms with Crippen LogP contribution in [0, 0.1) is 0 Å². The number of ether oxygens (including phenoxy) is 1. The van der Waals surface area contributed by atoms with Crippen LogP contribution in [0.4, 0.5) is 0 Å². The van der Waals surface area contributed by atoms with Crippen molar-refractivity contribution in [1.82, 2.24) is 4.98 Å². The van der Waals surface area contributed by atoms with Crippen molar-refractivity contribution >= 4 is 21.4 Å². The number of hydrogen-bond donors (Lipinski definition) is 1. The van der Waals surface area contributed by atoms with Crippen molar-refractivity contribution in [2.45, 2.75) is 19.4 Å². The molecule has 0 spiro atoms. The van der Waals surface area contributed by atoms with Crippen LogP contribution >= 0.6 is 11.3 Å². The van der Waals surface area contributed by atoms with Crippen molar-refractivity contribution in [1.29, 1.82) is 0 Å². The monoisotopic (exact) mass is 298 g/mol. The number of thiophene rings is 1. The highest BCUT2D eigenvalue weighted by Crippen LogP contribution is 2.32. The Labute approximate surface area is 128 Å². The Hall–Kier alpha value is -1.91. The van der Waals surface area contributed by atoms with Crippen molar-refractivity contribution in [2.75, 3.05) is 6.61 Å². The molecule has 2 heterocycles.